The molecule has 0 aliphatic rings. The number of carbonyl (C=O) groups excluding carboxylic acids is 1. The Kier molecular flexibility index (Phi) is 4.32. The van der Waals surface area contributed by atoms with E-state index < -0.39 is 0 Å². The van der Waals surface area contributed by atoms with E-state index in [1.807, 2.05) is 6.07 Å². The predicted octanol–water partition coefficient (Wildman–Crippen LogP) is 4.08. The van der Waals surface area contributed by atoms with E-state index in [1.54, 1.807) is 43.3 Å². The standard InChI is InChI=1S/C15H13BrFNO/c1-10(11-6-3-5-9-14(11)17)18-15(19)12-7-2-4-8-13(12)16/h2-10H,1H3,(H,18,19). The largest absolute Gasteiger partial charge is 0.345 e. The van der Waals surface area contributed by atoms with Crippen LogP contribution in [0.4, 0.5) is 4.39 Å². The highest BCUT2D eigenvalue weighted by Gasteiger charge is 2.15. The summed E-state index contributed by atoms with van der Waals surface area (Å²) in [6.07, 6.45) is 0. The Bertz CT molecular complexity index is 600. The van der Waals surface area contributed by atoms with Crippen molar-refractivity contribution >= 4 is 21.8 Å². The number of halogens is 2. The third kappa shape index (κ3) is 3.20. The number of carbonyl (C=O) groups is 1. The quantitative estimate of drug-likeness (QED) is 0.906. The maximum absolute atomic E-state index is 13.6. The molecule has 2 aromatic rings. The van der Waals surface area contributed by atoms with Crippen molar-refractivity contribution in [2.45, 2.75) is 13.0 Å². The first-order chi connectivity index (χ1) is 9.09. The minimum Gasteiger partial charge on any atom is -0.345 e. The van der Waals surface area contributed by atoms with Crippen LogP contribution < -0.4 is 5.32 Å². The molecule has 2 aromatic carbocycles. The summed E-state index contributed by atoms with van der Waals surface area (Å²) < 4.78 is 14.3. The number of hydrogen-bond acceptors (Lipinski definition) is 1. The summed E-state index contributed by atoms with van der Waals surface area (Å²) in [6, 6.07) is 13.2. The fourth-order valence-electron chi connectivity index (χ4n) is 1.82. The first-order valence-electron chi connectivity index (χ1n) is 5.89. The maximum Gasteiger partial charge on any atom is 0.252 e. The Balaban J connectivity index is 2.16. The lowest BCUT2D eigenvalue weighted by Crippen LogP contribution is -2.27. The molecule has 0 aliphatic carbocycles. The van der Waals surface area contributed by atoms with Gasteiger partial charge >= 0.3 is 0 Å². The minimum atomic E-state index is -0.388. The molecule has 0 aromatic heterocycles. The Labute approximate surface area is 119 Å². The summed E-state index contributed by atoms with van der Waals surface area (Å²) in [4.78, 5) is 12.1. The summed E-state index contributed by atoms with van der Waals surface area (Å²) >= 11 is 3.32. The molecule has 0 heterocycles. The van der Waals surface area contributed by atoms with Gasteiger partial charge in [-0.1, -0.05) is 30.3 Å². The van der Waals surface area contributed by atoms with Crippen molar-refractivity contribution in [3.63, 3.8) is 0 Å². The van der Waals surface area contributed by atoms with E-state index in [0.29, 0.717) is 15.6 Å². The Hall–Kier alpha value is -1.68. The second-order valence-electron chi connectivity index (χ2n) is 4.20. The topological polar surface area (TPSA) is 29.1 Å². The number of benzene rings is 2. The van der Waals surface area contributed by atoms with Gasteiger partial charge in [0, 0.05) is 10.0 Å². The minimum absolute atomic E-state index is 0.233. The normalized spacial score (nSPS) is 11.9. The van der Waals surface area contributed by atoms with E-state index in [0.717, 1.165) is 0 Å². The van der Waals surface area contributed by atoms with E-state index in [2.05, 4.69) is 21.2 Å². The fraction of sp³-hybridized carbons (Fsp3) is 0.133. The molecule has 0 fully saturated rings. The molecule has 0 bridgehead atoms. The zero-order valence-electron chi connectivity index (χ0n) is 10.4. The SMILES string of the molecule is CC(NC(=O)c1ccccc1Br)c1ccccc1F. The third-order valence-electron chi connectivity index (χ3n) is 2.84. The van der Waals surface area contributed by atoms with Crippen LogP contribution >= 0.6 is 15.9 Å². The Morgan fingerprint density at radius 2 is 1.79 bits per heavy atom. The molecule has 4 heteroatoms. The molecule has 0 radical (unpaired) electrons. The first-order valence-corrected chi connectivity index (χ1v) is 6.68. The van der Waals surface area contributed by atoms with Crippen LogP contribution in [0.3, 0.4) is 0 Å². The molecule has 1 atom stereocenters. The van der Waals surface area contributed by atoms with Gasteiger partial charge in [0.25, 0.3) is 5.91 Å². The van der Waals surface area contributed by atoms with Crippen LogP contribution in [0, 0.1) is 5.82 Å². The van der Waals surface area contributed by atoms with Gasteiger partial charge in [-0.2, -0.15) is 0 Å². The predicted molar refractivity (Wildman–Crippen MR) is 76.4 cm³/mol. The third-order valence-corrected chi connectivity index (χ3v) is 3.53. The highest BCUT2D eigenvalue weighted by molar-refractivity contribution is 9.10. The van der Waals surface area contributed by atoms with E-state index >= 15 is 0 Å². The molecular weight excluding hydrogens is 309 g/mol. The van der Waals surface area contributed by atoms with Crippen molar-refractivity contribution in [2.24, 2.45) is 0 Å². The van der Waals surface area contributed by atoms with E-state index in [9.17, 15) is 9.18 Å². The molecule has 0 saturated carbocycles. The van der Waals surface area contributed by atoms with Crippen molar-refractivity contribution in [3.05, 3.63) is 69.9 Å². The monoisotopic (exact) mass is 321 g/mol. The van der Waals surface area contributed by atoms with Gasteiger partial charge in [0.05, 0.1) is 11.6 Å². The van der Waals surface area contributed by atoms with Gasteiger partial charge in [0.1, 0.15) is 5.82 Å². The van der Waals surface area contributed by atoms with Gasteiger partial charge < -0.3 is 5.32 Å². The van der Waals surface area contributed by atoms with Gasteiger partial charge in [-0.25, -0.2) is 4.39 Å². The van der Waals surface area contributed by atoms with Crippen molar-refractivity contribution in [3.8, 4) is 0 Å². The molecule has 98 valence electrons. The second-order valence-corrected chi connectivity index (χ2v) is 5.05. The number of hydrogen-bond donors (Lipinski definition) is 1. The number of nitrogens with one attached hydrogen (secondary N) is 1. The smallest absolute Gasteiger partial charge is 0.252 e. The van der Waals surface area contributed by atoms with Crippen LogP contribution in [0.15, 0.2) is 53.0 Å². The molecule has 1 N–H and O–H groups in total. The zero-order valence-corrected chi connectivity index (χ0v) is 11.9. The summed E-state index contributed by atoms with van der Waals surface area (Å²) in [6.45, 7) is 1.76. The van der Waals surface area contributed by atoms with Crippen molar-refractivity contribution in [1.29, 1.82) is 0 Å². The van der Waals surface area contributed by atoms with Gasteiger partial charge in [0.15, 0.2) is 0 Å². The molecule has 2 nitrogen and oxygen atoms in total. The lowest BCUT2D eigenvalue weighted by atomic mass is 10.1. The molecule has 19 heavy (non-hydrogen) atoms. The zero-order chi connectivity index (χ0) is 13.8. The van der Waals surface area contributed by atoms with E-state index in [1.165, 1.54) is 6.07 Å². The molecule has 1 amide bonds. The molecule has 0 saturated heterocycles. The highest BCUT2D eigenvalue weighted by Crippen LogP contribution is 2.19. The molecule has 1 unspecified atom stereocenters. The average Bonchev–Trinajstić information content (AvgIpc) is 2.39. The summed E-state index contributed by atoms with van der Waals surface area (Å²) in [5.41, 5.74) is 1.01. The fourth-order valence-corrected chi connectivity index (χ4v) is 2.29. The van der Waals surface area contributed by atoms with Crippen LogP contribution in [0.1, 0.15) is 28.9 Å². The number of rotatable bonds is 3. The molecule has 2 rings (SSSR count). The van der Waals surface area contributed by atoms with Gasteiger partial charge in [-0.3, -0.25) is 4.79 Å². The van der Waals surface area contributed by atoms with Gasteiger partial charge in [-0.05, 0) is 41.1 Å². The Morgan fingerprint density at radius 3 is 2.47 bits per heavy atom. The summed E-state index contributed by atoms with van der Waals surface area (Å²) in [7, 11) is 0. The lowest BCUT2D eigenvalue weighted by molar-refractivity contribution is 0.0938. The average molecular weight is 322 g/mol. The molecule has 0 aliphatic heterocycles. The molecular formula is C15H13BrFNO. The van der Waals surface area contributed by atoms with E-state index in [4.69, 9.17) is 0 Å². The molecule has 0 spiro atoms. The second kappa shape index (κ2) is 5.97. The highest BCUT2D eigenvalue weighted by atomic mass is 79.9. The Morgan fingerprint density at radius 1 is 1.16 bits per heavy atom. The van der Waals surface area contributed by atoms with Crippen LogP contribution in [0.25, 0.3) is 0 Å². The van der Waals surface area contributed by atoms with Gasteiger partial charge in [0.2, 0.25) is 0 Å². The van der Waals surface area contributed by atoms with Crippen LogP contribution in [0.5, 0.6) is 0 Å². The van der Waals surface area contributed by atoms with Crippen LogP contribution in [-0.4, -0.2) is 5.91 Å². The van der Waals surface area contributed by atoms with Gasteiger partial charge in [-0.15, -0.1) is 0 Å². The van der Waals surface area contributed by atoms with E-state index in [-0.39, 0.29) is 17.8 Å². The summed E-state index contributed by atoms with van der Waals surface area (Å²) in [5.74, 6) is -0.550. The maximum atomic E-state index is 13.6. The van der Waals surface area contributed by atoms with Crippen molar-refractivity contribution in [2.75, 3.05) is 0 Å². The van der Waals surface area contributed by atoms with Crippen LogP contribution in [-0.2, 0) is 0 Å². The van der Waals surface area contributed by atoms with Crippen molar-refractivity contribution in [1.82, 2.24) is 5.32 Å². The lowest BCUT2D eigenvalue weighted by Gasteiger charge is -2.15. The number of amides is 1. The first kappa shape index (κ1) is 13.7. The van der Waals surface area contributed by atoms with Crippen LogP contribution in [0.2, 0.25) is 0 Å². The van der Waals surface area contributed by atoms with Crippen molar-refractivity contribution < 1.29 is 9.18 Å². The summed E-state index contributed by atoms with van der Waals surface area (Å²) in [5, 5.41) is 2.79.